The first kappa shape index (κ1) is 41.3. The molecule has 0 saturated heterocycles. The van der Waals surface area contributed by atoms with E-state index in [2.05, 4.69) is 0 Å². The molecule has 6 aromatic rings. The minimum atomic E-state index is -1.13. The van der Waals surface area contributed by atoms with Crippen molar-refractivity contribution < 1.29 is 61.3 Å². The van der Waals surface area contributed by atoms with E-state index in [-0.39, 0.29) is 34.1 Å². The molecule has 0 amide bonds. The Morgan fingerprint density at radius 2 is 0.672 bits per heavy atom. The fourth-order valence-electron chi connectivity index (χ4n) is 7.67. The van der Waals surface area contributed by atoms with Crippen molar-refractivity contribution in [1.82, 2.24) is 0 Å². The van der Waals surface area contributed by atoms with E-state index < -0.39 is 17.9 Å². The molecule has 9 rings (SSSR count). The van der Waals surface area contributed by atoms with Gasteiger partial charge in [0, 0.05) is 52.6 Å². The third-order valence-electron chi connectivity index (χ3n) is 10.5. The number of aromatic carboxylic acids is 3. The summed E-state index contributed by atoms with van der Waals surface area (Å²) in [7, 11) is 0. The van der Waals surface area contributed by atoms with Gasteiger partial charge in [-0.25, -0.2) is 0 Å². The van der Waals surface area contributed by atoms with Gasteiger partial charge in [0.25, 0.3) is 0 Å². The van der Waals surface area contributed by atoms with Gasteiger partial charge in [-0.2, -0.15) is 0 Å². The molecule has 3 aliphatic heterocycles. The third kappa shape index (κ3) is 8.21. The second-order valence-electron chi connectivity index (χ2n) is 13.8. The van der Waals surface area contributed by atoms with Crippen LogP contribution in [-0.4, -0.2) is 17.9 Å². The van der Waals surface area contributed by atoms with E-state index >= 15 is 0 Å². The van der Waals surface area contributed by atoms with E-state index in [4.69, 9.17) is 14.2 Å². The van der Waals surface area contributed by atoms with Gasteiger partial charge in [0.2, 0.25) is 0 Å². The monoisotopic (exact) mass is 811 g/mol. The minimum Gasteiger partial charge on any atom is -0.545 e. The average Bonchev–Trinajstić information content (AvgIpc) is 3.23. The Balaban J connectivity index is 0.000000145. The summed E-state index contributed by atoms with van der Waals surface area (Å²) in [4.78, 5) is 34.2. The third-order valence-corrected chi connectivity index (χ3v) is 10.5. The molecule has 9 nitrogen and oxygen atoms in total. The van der Waals surface area contributed by atoms with Gasteiger partial charge in [0.15, 0.2) is 0 Å². The van der Waals surface area contributed by atoms with Crippen molar-refractivity contribution in [3.63, 3.8) is 0 Å². The molecule has 1 radical (unpaired) electrons. The summed E-state index contributed by atoms with van der Waals surface area (Å²) in [5, 5.41) is 34.2. The van der Waals surface area contributed by atoms with Crippen LogP contribution in [0.25, 0.3) is 0 Å². The number of ether oxygens (including phenoxy) is 3. The van der Waals surface area contributed by atoms with Crippen LogP contribution >= 0.6 is 0 Å². The predicted octanol–water partition coefficient (Wildman–Crippen LogP) is 6.92. The van der Waals surface area contributed by atoms with Gasteiger partial charge in [-0.15, -0.1) is 0 Å². The van der Waals surface area contributed by atoms with Crippen LogP contribution in [-0.2, 0) is 55.9 Å². The molecule has 0 unspecified atom stereocenters. The van der Waals surface area contributed by atoms with Crippen molar-refractivity contribution in [2.75, 3.05) is 0 Å². The van der Waals surface area contributed by atoms with Gasteiger partial charge in [0.1, 0.15) is 34.5 Å². The van der Waals surface area contributed by atoms with Crippen molar-refractivity contribution in [3.05, 3.63) is 176 Å². The number of carboxylic acids is 3. The molecule has 291 valence electrons. The van der Waals surface area contributed by atoms with Crippen LogP contribution in [0, 0.1) is 0 Å². The molecule has 0 aromatic heterocycles. The van der Waals surface area contributed by atoms with Gasteiger partial charge < -0.3 is 43.9 Å². The van der Waals surface area contributed by atoms with Crippen LogP contribution in [0.2, 0.25) is 0 Å². The first-order valence-electron chi connectivity index (χ1n) is 19.0. The van der Waals surface area contributed by atoms with E-state index in [1.165, 1.54) is 0 Å². The Bertz CT molecular complexity index is 2260. The fraction of sp³-hybridized carbons (Fsp3) is 0.188. The van der Waals surface area contributed by atoms with Gasteiger partial charge in [-0.1, -0.05) is 93.6 Å². The number of rotatable bonds is 6. The maximum absolute atomic E-state index is 11.4. The first-order chi connectivity index (χ1) is 27.6. The number of carbonyl (C=O) groups excluding carboxylic acids is 3. The molecule has 0 fully saturated rings. The Morgan fingerprint density at radius 3 is 0.914 bits per heavy atom. The van der Waals surface area contributed by atoms with Gasteiger partial charge in [0.05, 0.1) is 17.9 Å². The van der Waals surface area contributed by atoms with Crippen molar-refractivity contribution in [2.45, 2.75) is 59.3 Å². The normalized spacial score (nSPS) is 12.1. The zero-order chi connectivity index (χ0) is 40.2. The maximum atomic E-state index is 11.4. The molecule has 0 N–H and O–H groups in total. The SMILES string of the molecule is CCc1ccc2c(c1C(=O)[O-])Cc1ccccc1O2.CCc1ccc2c(c1C(=O)[O-])Cc1ccccc1O2.CCc1ccc2c(c1C(=O)[O-])Cc1ccccc1O2.[Cr+3]. The molecule has 0 saturated carbocycles. The van der Waals surface area contributed by atoms with E-state index in [0.717, 1.165) is 67.3 Å². The maximum Gasteiger partial charge on any atom is 3.00 e. The largest absolute Gasteiger partial charge is 3.00 e. The molecule has 6 aromatic carbocycles. The summed E-state index contributed by atoms with van der Waals surface area (Å²) >= 11 is 0. The summed E-state index contributed by atoms with van der Waals surface area (Å²) in [6.07, 6.45) is 3.71. The molecule has 0 aliphatic carbocycles. The smallest absolute Gasteiger partial charge is 0.545 e. The Labute approximate surface area is 347 Å². The summed E-state index contributed by atoms with van der Waals surface area (Å²) < 4.78 is 17.3. The van der Waals surface area contributed by atoms with E-state index in [1.54, 1.807) is 18.2 Å². The second-order valence-corrected chi connectivity index (χ2v) is 13.8. The molecule has 58 heavy (non-hydrogen) atoms. The fourth-order valence-corrected chi connectivity index (χ4v) is 7.67. The molecular formula is C48H39CrO9. The number of fused-ring (bicyclic) bond motifs is 6. The summed E-state index contributed by atoms with van der Waals surface area (Å²) in [5.74, 6) is 0.862. The van der Waals surface area contributed by atoms with Crippen LogP contribution < -0.4 is 29.5 Å². The Morgan fingerprint density at radius 1 is 0.414 bits per heavy atom. The summed E-state index contributed by atoms with van der Waals surface area (Å²) in [6, 6.07) is 34.0. The van der Waals surface area contributed by atoms with Crippen molar-refractivity contribution >= 4 is 17.9 Å². The molecular weight excluding hydrogens is 773 g/mol. The second kappa shape index (κ2) is 17.9. The average molecular weight is 812 g/mol. The first-order valence-corrected chi connectivity index (χ1v) is 19.0. The van der Waals surface area contributed by atoms with Crippen LogP contribution in [0.15, 0.2) is 109 Å². The molecule has 0 atom stereocenters. The van der Waals surface area contributed by atoms with Gasteiger partial charge >= 0.3 is 17.4 Å². The van der Waals surface area contributed by atoms with E-state index in [9.17, 15) is 29.7 Å². The number of carbonyl (C=O) groups is 3. The predicted molar refractivity (Wildman–Crippen MR) is 208 cm³/mol. The molecule has 0 spiro atoms. The van der Waals surface area contributed by atoms with Crippen LogP contribution in [0.1, 0.15) is 102 Å². The van der Waals surface area contributed by atoms with Crippen molar-refractivity contribution in [2.24, 2.45) is 0 Å². The number of carboxylic acid groups (broad SMARTS) is 3. The van der Waals surface area contributed by atoms with Gasteiger partial charge in [-0.3, -0.25) is 0 Å². The van der Waals surface area contributed by atoms with Crippen molar-refractivity contribution in [1.29, 1.82) is 0 Å². The van der Waals surface area contributed by atoms with Gasteiger partial charge in [-0.05, 0) is 89.0 Å². The number of aryl methyl sites for hydroxylation is 3. The number of hydrogen-bond donors (Lipinski definition) is 0. The number of para-hydroxylation sites is 3. The number of hydrogen-bond acceptors (Lipinski definition) is 9. The van der Waals surface area contributed by atoms with E-state index in [1.807, 2.05) is 112 Å². The molecule has 3 aliphatic rings. The summed E-state index contributed by atoms with van der Waals surface area (Å²) in [5.41, 5.74) is 8.42. The zero-order valence-electron chi connectivity index (χ0n) is 32.2. The summed E-state index contributed by atoms with van der Waals surface area (Å²) in [6.45, 7) is 5.81. The molecule has 3 heterocycles. The zero-order valence-corrected chi connectivity index (χ0v) is 33.5. The minimum absolute atomic E-state index is 0. The number of benzene rings is 6. The topological polar surface area (TPSA) is 148 Å². The molecule has 0 bridgehead atoms. The van der Waals surface area contributed by atoms with E-state index in [0.29, 0.717) is 55.8 Å². The van der Waals surface area contributed by atoms with Crippen LogP contribution in [0.3, 0.4) is 0 Å². The van der Waals surface area contributed by atoms with Crippen molar-refractivity contribution in [3.8, 4) is 34.5 Å². The molecule has 10 heteroatoms. The Hall–Kier alpha value is -6.34. The quantitative estimate of drug-likeness (QED) is 0.175. The van der Waals surface area contributed by atoms with Crippen LogP contribution in [0.5, 0.6) is 34.5 Å². The standard InChI is InChI=1S/3C16H14O3.Cr/c3*1-2-10-7-8-14-12(15(10)16(17)18)9-11-5-3-4-6-13(11)19-14;/h3*3-8H,2,9H2,1H3,(H,17,18);/q;;;+3/p-3. The van der Waals surface area contributed by atoms with Crippen LogP contribution in [0.4, 0.5) is 0 Å². The Kier molecular flexibility index (Phi) is 12.7.